The average Bonchev–Trinajstić information content (AvgIpc) is 3.02. The van der Waals surface area contributed by atoms with Crippen LogP contribution in [0.2, 0.25) is 0 Å². The number of amides is 1. The Morgan fingerprint density at radius 2 is 2.30 bits per heavy atom. The van der Waals surface area contributed by atoms with Crippen molar-refractivity contribution in [2.75, 3.05) is 6.54 Å². The quantitative estimate of drug-likeness (QED) is 0.820. The number of carbonyl (C=O) groups excluding carboxylic acids is 1. The first-order valence-corrected chi connectivity index (χ1v) is 7.72. The topological polar surface area (TPSA) is 66.4 Å². The Bertz CT molecular complexity index is 521. The molecule has 20 heavy (non-hydrogen) atoms. The molecule has 4 nitrogen and oxygen atoms in total. The molecule has 5 heteroatoms. The van der Waals surface area contributed by atoms with E-state index in [2.05, 4.69) is 12.2 Å². The minimum atomic E-state index is -0.986. The smallest absolute Gasteiger partial charge is 0.328 e. The van der Waals surface area contributed by atoms with E-state index in [4.69, 9.17) is 5.11 Å². The molecule has 1 fully saturated rings. The van der Waals surface area contributed by atoms with Crippen LogP contribution in [0.15, 0.2) is 17.5 Å². The summed E-state index contributed by atoms with van der Waals surface area (Å²) in [5, 5.41) is 13.3. The first-order chi connectivity index (χ1) is 9.56. The highest BCUT2D eigenvalue weighted by Gasteiger charge is 2.23. The highest BCUT2D eigenvalue weighted by molar-refractivity contribution is 7.11. The second-order valence-electron chi connectivity index (χ2n) is 5.29. The van der Waals surface area contributed by atoms with Gasteiger partial charge in [-0.3, -0.25) is 4.79 Å². The van der Waals surface area contributed by atoms with Crippen LogP contribution in [0.1, 0.15) is 41.4 Å². The fraction of sp³-hybridized carbons (Fsp3) is 0.467. The third-order valence-electron chi connectivity index (χ3n) is 3.84. The third kappa shape index (κ3) is 3.93. The van der Waals surface area contributed by atoms with Crippen LogP contribution in [0.4, 0.5) is 0 Å². The monoisotopic (exact) mass is 293 g/mol. The Morgan fingerprint density at radius 1 is 1.50 bits per heavy atom. The maximum absolute atomic E-state index is 12.0. The van der Waals surface area contributed by atoms with Crippen LogP contribution in [-0.2, 0) is 4.79 Å². The van der Waals surface area contributed by atoms with Gasteiger partial charge in [-0.2, -0.15) is 0 Å². The number of rotatable bonds is 5. The van der Waals surface area contributed by atoms with Crippen LogP contribution < -0.4 is 5.32 Å². The van der Waals surface area contributed by atoms with Crippen molar-refractivity contribution in [2.45, 2.75) is 26.2 Å². The predicted molar refractivity (Wildman–Crippen MR) is 79.8 cm³/mol. The van der Waals surface area contributed by atoms with Crippen LogP contribution in [0.25, 0.3) is 6.08 Å². The van der Waals surface area contributed by atoms with E-state index < -0.39 is 5.97 Å². The van der Waals surface area contributed by atoms with E-state index in [1.54, 1.807) is 11.4 Å². The fourth-order valence-corrected chi connectivity index (χ4v) is 3.34. The van der Waals surface area contributed by atoms with Crippen LogP contribution in [0.3, 0.4) is 0 Å². The summed E-state index contributed by atoms with van der Waals surface area (Å²) in [6, 6.07) is 1.72. The Kier molecular flexibility index (Phi) is 4.95. The fourth-order valence-electron chi connectivity index (χ4n) is 2.56. The van der Waals surface area contributed by atoms with E-state index in [1.807, 2.05) is 0 Å². The number of hydrogen-bond acceptors (Lipinski definition) is 3. The molecule has 1 amide bonds. The third-order valence-corrected chi connectivity index (χ3v) is 4.73. The van der Waals surface area contributed by atoms with Gasteiger partial charge >= 0.3 is 5.97 Å². The molecule has 2 unspecified atom stereocenters. The normalized spacial score (nSPS) is 22.2. The zero-order valence-electron chi connectivity index (χ0n) is 11.5. The van der Waals surface area contributed by atoms with Gasteiger partial charge in [0, 0.05) is 22.9 Å². The molecule has 1 aromatic heterocycles. The van der Waals surface area contributed by atoms with Crippen LogP contribution >= 0.6 is 11.3 Å². The number of carboxylic acids is 1. The number of nitrogens with one attached hydrogen (secondary N) is 1. The summed E-state index contributed by atoms with van der Waals surface area (Å²) in [7, 11) is 0. The van der Waals surface area contributed by atoms with Crippen molar-refractivity contribution >= 4 is 29.3 Å². The minimum Gasteiger partial charge on any atom is -0.478 e. The first-order valence-electron chi connectivity index (χ1n) is 6.84. The summed E-state index contributed by atoms with van der Waals surface area (Å²) < 4.78 is 0. The van der Waals surface area contributed by atoms with Crippen molar-refractivity contribution in [3.8, 4) is 0 Å². The van der Waals surface area contributed by atoms with Gasteiger partial charge in [-0.15, -0.1) is 11.3 Å². The van der Waals surface area contributed by atoms with Crippen molar-refractivity contribution in [1.29, 1.82) is 0 Å². The van der Waals surface area contributed by atoms with E-state index in [1.165, 1.54) is 36.7 Å². The molecule has 0 aliphatic heterocycles. The van der Waals surface area contributed by atoms with Crippen molar-refractivity contribution in [2.24, 2.45) is 11.8 Å². The second-order valence-corrected chi connectivity index (χ2v) is 6.23. The molecule has 1 saturated carbocycles. The van der Waals surface area contributed by atoms with Gasteiger partial charge in [-0.25, -0.2) is 4.79 Å². The van der Waals surface area contributed by atoms with Gasteiger partial charge in [-0.1, -0.05) is 19.8 Å². The van der Waals surface area contributed by atoms with Gasteiger partial charge in [0.15, 0.2) is 0 Å². The van der Waals surface area contributed by atoms with Crippen molar-refractivity contribution in [3.63, 3.8) is 0 Å². The van der Waals surface area contributed by atoms with Gasteiger partial charge in [0.25, 0.3) is 5.91 Å². The number of thiophene rings is 1. The van der Waals surface area contributed by atoms with Gasteiger partial charge < -0.3 is 10.4 Å². The Morgan fingerprint density at radius 3 is 2.95 bits per heavy atom. The maximum atomic E-state index is 12.0. The van der Waals surface area contributed by atoms with Crippen LogP contribution in [0, 0.1) is 11.8 Å². The van der Waals surface area contributed by atoms with E-state index in [0.717, 1.165) is 17.5 Å². The zero-order valence-corrected chi connectivity index (χ0v) is 12.3. The summed E-state index contributed by atoms with van der Waals surface area (Å²) >= 11 is 1.37. The molecule has 2 atom stereocenters. The van der Waals surface area contributed by atoms with E-state index in [0.29, 0.717) is 17.4 Å². The molecule has 1 heterocycles. The summed E-state index contributed by atoms with van der Waals surface area (Å²) in [6.07, 6.45) is 6.28. The van der Waals surface area contributed by atoms with Gasteiger partial charge in [0.05, 0.1) is 5.56 Å². The lowest BCUT2D eigenvalue weighted by molar-refractivity contribution is -0.131. The Labute approximate surface area is 122 Å². The molecular formula is C15H19NO3S. The number of carboxylic acid groups (broad SMARTS) is 1. The van der Waals surface area contributed by atoms with E-state index in [9.17, 15) is 9.59 Å². The summed E-state index contributed by atoms with van der Waals surface area (Å²) in [5.41, 5.74) is 0.602. The van der Waals surface area contributed by atoms with E-state index in [-0.39, 0.29) is 5.91 Å². The van der Waals surface area contributed by atoms with Gasteiger partial charge in [0.1, 0.15) is 0 Å². The van der Waals surface area contributed by atoms with Crippen LogP contribution in [-0.4, -0.2) is 23.5 Å². The largest absolute Gasteiger partial charge is 0.478 e. The SMILES string of the molecule is CC1CCCC1CNC(=O)c1csc(/C=C/C(=O)O)c1. The molecule has 0 spiro atoms. The molecule has 2 rings (SSSR count). The van der Waals surface area contributed by atoms with Gasteiger partial charge in [-0.05, 0) is 30.4 Å². The Balaban J connectivity index is 1.87. The average molecular weight is 293 g/mol. The molecule has 0 bridgehead atoms. The molecular weight excluding hydrogens is 274 g/mol. The summed E-state index contributed by atoms with van der Waals surface area (Å²) in [4.78, 5) is 23.2. The molecule has 108 valence electrons. The lowest BCUT2D eigenvalue weighted by Crippen LogP contribution is -2.29. The number of aliphatic carboxylic acids is 1. The highest BCUT2D eigenvalue weighted by atomic mass is 32.1. The van der Waals surface area contributed by atoms with Gasteiger partial charge in [0.2, 0.25) is 0 Å². The van der Waals surface area contributed by atoms with Crippen molar-refractivity contribution < 1.29 is 14.7 Å². The van der Waals surface area contributed by atoms with Crippen molar-refractivity contribution in [3.05, 3.63) is 28.0 Å². The van der Waals surface area contributed by atoms with E-state index >= 15 is 0 Å². The molecule has 0 saturated heterocycles. The predicted octanol–water partition coefficient (Wildman–Crippen LogP) is 3.01. The molecule has 1 aromatic rings. The maximum Gasteiger partial charge on any atom is 0.328 e. The standard InChI is InChI=1S/C15H19NO3S/c1-10-3-2-4-11(10)8-16-15(19)12-7-13(20-9-12)5-6-14(17)18/h5-7,9-11H,2-4,8H2,1H3,(H,16,19)(H,17,18)/b6-5+. The number of hydrogen-bond donors (Lipinski definition) is 2. The minimum absolute atomic E-state index is 0.0738. The lowest BCUT2D eigenvalue weighted by atomic mass is 9.98. The van der Waals surface area contributed by atoms with Crippen molar-refractivity contribution in [1.82, 2.24) is 5.32 Å². The summed E-state index contributed by atoms with van der Waals surface area (Å²) in [6.45, 7) is 2.97. The highest BCUT2D eigenvalue weighted by Crippen LogP contribution is 2.30. The second kappa shape index (κ2) is 6.70. The first kappa shape index (κ1) is 14.8. The molecule has 0 aromatic carbocycles. The molecule has 0 radical (unpaired) electrons. The Hall–Kier alpha value is -1.62. The van der Waals surface area contributed by atoms with Crippen LogP contribution in [0.5, 0.6) is 0 Å². The molecule has 1 aliphatic carbocycles. The molecule has 1 aliphatic rings. The lowest BCUT2D eigenvalue weighted by Gasteiger charge is -2.15. The molecule has 2 N–H and O–H groups in total. The zero-order chi connectivity index (χ0) is 14.5. The number of carbonyl (C=O) groups is 2. The summed E-state index contributed by atoms with van der Waals surface area (Å²) in [5.74, 6) is 0.214.